The molecule has 1 unspecified atom stereocenters. The zero-order chi connectivity index (χ0) is 14.5. The van der Waals surface area contributed by atoms with Gasteiger partial charge in [0.2, 0.25) is 0 Å². The molecule has 1 aromatic carbocycles. The van der Waals surface area contributed by atoms with Gasteiger partial charge in [0.15, 0.2) is 11.6 Å². The first-order valence-electron chi connectivity index (χ1n) is 6.06. The van der Waals surface area contributed by atoms with Crippen molar-refractivity contribution in [2.45, 2.75) is 32.5 Å². The highest BCUT2D eigenvalue weighted by Gasteiger charge is 2.27. The minimum atomic E-state index is -4.31. The van der Waals surface area contributed by atoms with Gasteiger partial charge in [-0.05, 0) is 19.5 Å². The second kappa shape index (κ2) is 6.75. The van der Waals surface area contributed by atoms with Gasteiger partial charge in [0.05, 0.1) is 13.0 Å². The van der Waals surface area contributed by atoms with Crippen LogP contribution in [0.1, 0.15) is 31.9 Å². The number of halogens is 4. The first kappa shape index (κ1) is 15.8. The molecule has 0 saturated carbocycles. The van der Waals surface area contributed by atoms with Gasteiger partial charge in [0, 0.05) is 11.6 Å². The summed E-state index contributed by atoms with van der Waals surface area (Å²) in [5, 5.41) is 3.07. The van der Waals surface area contributed by atoms with Crippen LogP contribution >= 0.6 is 0 Å². The number of alkyl halides is 3. The van der Waals surface area contributed by atoms with E-state index in [0.717, 1.165) is 0 Å². The van der Waals surface area contributed by atoms with Gasteiger partial charge < -0.3 is 10.1 Å². The van der Waals surface area contributed by atoms with E-state index in [9.17, 15) is 17.6 Å². The van der Waals surface area contributed by atoms with Crippen molar-refractivity contribution in [1.82, 2.24) is 5.32 Å². The lowest BCUT2D eigenvalue weighted by Crippen LogP contribution is -2.20. The topological polar surface area (TPSA) is 21.3 Å². The molecule has 0 amide bonds. The van der Waals surface area contributed by atoms with Crippen molar-refractivity contribution < 1.29 is 22.3 Å². The van der Waals surface area contributed by atoms with Crippen molar-refractivity contribution in [2.24, 2.45) is 0 Å². The average molecular weight is 279 g/mol. The summed E-state index contributed by atoms with van der Waals surface area (Å²) < 4.78 is 54.8. The normalized spacial score (nSPS) is 13.4. The number of rotatable bonds is 6. The van der Waals surface area contributed by atoms with E-state index in [0.29, 0.717) is 12.1 Å². The highest BCUT2D eigenvalue weighted by Crippen LogP contribution is 2.29. The maximum absolute atomic E-state index is 13.6. The highest BCUT2D eigenvalue weighted by molar-refractivity contribution is 5.37. The molecule has 19 heavy (non-hydrogen) atoms. The lowest BCUT2D eigenvalue weighted by molar-refractivity contribution is -0.139. The van der Waals surface area contributed by atoms with E-state index in [1.54, 1.807) is 13.0 Å². The number of benzene rings is 1. The van der Waals surface area contributed by atoms with E-state index in [1.807, 2.05) is 6.92 Å². The van der Waals surface area contributed by atoms with Crippen LogP contribution < -0.4 is 10.1 Å². The summed E-state index contributed by atoms with van der Waals surface area (Å²) in [6.45, 7) is 3.77. The predicted octanol–water partition coefficient (Wildman–Crippen LogP) is 3.83. The molecule has 1 N–H and O–H groups in total. The van der Waals surface area contributed by atoms with Gasteiger partial charge in [0.25, 0.3) is 0 Å². The van der Waals surface area contributed by atoms with Crippen molar-refractivity contribution in [1.29, 1.82) is 0 Å². The molecule has 1 atom stereocenters. The van der Waals surface area contributed by atoms with Gasteiger partial charge in [-0.15, -0.1) is 0 Å². The fraction of sp³-hybridized carbons (Fsp3) is 0.538. The number of para-hydroxylation sites is 1. The molecule has 1 aromatic rings. The molecule has 108 valence electrons. The number of ether oxygens (including phenoxy) is 1. The van der Waals surface area contributed by atoms with Crippen LogP contribution in [0.3, 0.4) is 0 Å². The molecule has 0 spiro atoms. The van der Waals surface area contributed by atoms with Gasteiger partial charge in [-0.1, -0.05) is 19.1 Å². The lowest BCUT2D eigenvalue weighted by atomic mass is 10.1. The summed E-state index contributed by atoms with van der Waals surface area (Å²) in [6.07, 6.45) is -5.41. The molecule has 0 aromatic heterocycles. The van der Waals surface area contributed by atoms with Crippen LogP contribution in [-0.2, 0) is 0 Å². The van der Waals surface area contributed by atoms with Crippen molar-refractivity contribution in [3.63, 3.8) is 0 Å². The standard InChI is InChI=1S/C13H17F4NO/c1-3-18-9(2)10-5-4-6-11(14)12(10)19-8-7-13(15,16)17/h4-6,9,18H,3,7-8H2,1-2H3. The van der Waals surface area contributed by atoms with Crippen molar-refractivity contribution in [2.75, 3.05) is 13.2 Å². The van der Waals surface area contributed by atoms with Gasteiger partial charge in [0.1, 0.15) is 0 Å². The van der Waals surface area contributed by atoms with E-state index in [-0.39, 0.29) is 11.8 Å². The third kappa shape index (κ3) is 5.06. The Kier molecular flexibility index (Phi) is 5.60. The quantitative estimate of drug-likeness (QED) is 0.799. The van der Waals surface area contributed by atoms with E-state index in [4.69, 9.17) is 4.74 Å². The van der Waals surface area contributed by atoms with Crippen LogP contribution in [0.15, 0.2) is 18.2 Å². The van der Waals surface area contributed by atoms with Gasteiger partial charge in [-0.25, -0.2) is 4.39 Å². The SMILES string of the molecule is CCNC(C)c1cccc(F)c1OCCC(F)(F)F. The highest BCUT2D eigenvalue weighted by atomic mass is 19.4. The van der Waals surface area contributed by atoms with Crippen molar-refractivity contribution in [3.8, 4) is 5.75 Å². The van der Waals surface area contributed by atoms with Crippen LogP contribution in [0.25, 0.3) is 0 Å². The Bertz CT molecular complexity index is 406. The molecule has 0 bridgehead atoms. The molecule has 0 aliphatic carbocycles. The van der Waals surface area contributed by atoms with Gasteiger partial charge in [-0.3, -0.25) is 0 Å². The summed E-state index contributed by atoms with van der Waals surface area (Å²) in [5.41, 5.74) is 0.518. The zero-order valence-corrected chi connectivity index (χ0v) is 10.9. The molecule has 1 rings (SSSR count). The summed E-state index contributed by atoms with van der Waals surface area (Å²) >= 11 is 0. The first-order valence-corrected chi connectivity index (χ1v) is 6.06. The van der Waals surface area contributed by atoms with Crippen LogP contribution in [0.4, 0.5) is 17.6 Å². The first-order chi connectivity index (χ1) is 8.85. The molecule has 6 heteroatoms. The fourth-order valence-corrected chi connectivity index (χ4v) is 1.70. The maximum Gasteiger partial charge on any atom is 0.392 e. The third-order valence-electron chi connectivity index (χ3n) is 2.61. The summed E-state index contributed by atoms with van der Waals surface area (Å²) in [4.78, 5) is 0. The fourth-order valence-electron chi connectivity index (χ4n) is 1.70. The third-order valence-corrected chi connectivity index (χ3v) is 2.61. The molecule has 0 heterocycles. The van der Waals surface area contributed by atoms with Crippen LogP contribution in [0.2, 0.25) is 0 Å². The second-order valence-electron chi connectivity index (χ2n) is 4.15. The Hall–Kier alpha value is -1.30. The summed E-state index contributed by atoms with van der Waals surface area (Å²) in [7, 11) is 0. The monoisotopic (exact) mass is 279 g/mol. The number of hydrogen-bond donors (Lipinski definition) is 1. The molecule has 0 aliphatic heterocycles. The molecular formula is C13H17F4NO. The van der Waals surface area contributed by atoms with Gasteiger partial charge >= 0.3 is 6.18 Å². The Labute approximate surface area is 109 Å². The van der Waals surface area contributed by atoms with Crippen molar-refractivity contribution in [3.05, 3.63) is 29.6 Å². The Morgan fingerprint density at radius 2 is 2.00 bits per heavy atom. The minimum Gasteiger partial charge on any atom is -0.490 e. The van der Waals surface area contributed by atoms with E-state index in [1.165, 1.54) is 12.1 Å². The smallest absolute Gasteiger partial charge is 0.392 e. The second-order valence-corrected chi connectivity index (χ2v) is 4.15. The van der Waals surface area contributed by atoms with Gasteiger partial charge in [-0.2, -0.15) is 13.2 Å². The molecule has 0 radical (unpaired) electrons. The minimum absolute atomic E-state index is 0.111. The number of nitrogens with one attached hydrogen (secondary N) is 1. The van der Waals surface area contributed by atoms with Crippen molar-refractivity contribution >= 4 is 0 Å². The van der Waals surface area contributed by atoms with E-state index < -0.39 is 25.0 Å². The molecule has 2 nitrogen and oxygen atoms in total. The Morgan fingerprint density at radius 3 is 2.58 bits per heavy atom. The Balaban J connectivity index is 2.80. The molecule has 0 saturated heterocycles. The number of hydrogen-bond acceptors (Lipinski definition) is 2. The van der Waals surface area contributed by atoms with E-state index >= 15 is 0 Å². The van der Waals surface area contributed by atoms with Crippen LogP contribution in [0.5, 0.6) is 5.75 Å². The maximum atomic E-state index is 13.6. The summed E-state index contributed by atoms with van der Waals surface area (Å²) in [6, 6.07) is 4.13. The Morgan fingerprint density at radius 1 is 1.32 bits per heavy atom. The summed E-state index contributed by atoms with van der Waals surface area (Å²) in [5.74, 6) is -0.760. The lowest BCUT2D eigenvalue weighted by Gasteiger charge is -2.18. The molecule has 0 aliphatic rings. The average Bonchev–Trinajstić information content (AvgIpc) is 2.30. The molecule has 0 fully saturated rings. The van der Waals surface area contributed by atoms with Crippen LogP contribution in [-0.4, -0.2) is 19.3 Å². The zero-order valence-electron chi connectivity index (χ0n) is 10.9. The predicted molar refractivity (Wildman–Crippen MR) is 64.7 cm³/mol. The van der Waals surface area contributed by atoms with Crippen LogP contribution in [0, 0.1) is 5.82 Å². The largest absolute Gasteiger partial charge is 0.490 e. The van der Waals surface area contributed by atoms with E-state index in [2.05, 4.69) is 5.32 Å². The molecular weight excluding hydrogens is 262 g/mol.